The molecule has 0 fully saturated rings. The van der Waals surface area contributed by atoms with E-state index in [2.05, 4.69) is 253 Å². The number of hydrogen-bond acceptors (Lipinski definition) is 1. The molecular weight excluding hydrogens is 737 g/mol. The molecule has 0 saturated carbocycles. The first-order valence-electron chi connectivity index (χ1n) is 21.0. The first kappa shape index (κ1) is 36.2. The van der Waals surface area contributed by atoms with Crippen molar-refractivity contribution in [1.82, 2.24) is 4.57 Å². The smallest absolute Gasteiger partial charge is 0.0509 e. The van der Waals surface area contributed by atoms with Crippen LogP contribution in [0.25, 0.3) is 88.9 Å². The number of aryl methyl sites for hydroxylation is 1. The first-order valence-corrected chi connectivity index (χ1v) is 21.0. The second-order valence-corrected chi connectivity index (χ2v) is 15.8. The highest BCUT2D eigenvalue weighted by Crippen LogP contribution is 2.44. The molecule has 0 aliphatic heterocycles. The summed E-state index contributed by atoms with van der Waals surface area (Å²) in [5.41, 5.74) is 15.5. The Morgan fingerprint density at radius 2 is 0.869 bits per heavy atom. The zero-order chi connectivity index (χ0) is 40.7. The molecule has 0 radical (unpaired) electrons. The van der Waals surface area contributed by atoms with Crippen molar-refractivity contribution < 1.29 is 0 Å². The standard InChI is InChI=1S/C59H42N2/c1-60-57-37-42(29-34-52(57)53-35-33-50(39-58(53)60)61(48-20-10-4-11-21-48)49-22-12-5-13-23-49)27-26-41-28-30-46-38-47(32-31-45(46)36-41)56-40-55(43-16-6-2-7-17-43)51-24-14-15-25-54(51)59(56)44-18-8-3-9-19-44/h2-40H,1H3/b27-26+. The summed E-state index contributed by atoms with van der Waals surface area (Å²) >= 11 is 0. The maximum Gasteiger partial charge on any atom is 0.0509 e. The molecule has 11 aromatic rings. The predicted molar refractivity (Wildman–Crippen MR) is 262 cm³/mol. The number of benzene rings is 10. The van der Waals surface area contributed by atoms with Crippen LogP contribution in [-0.4, -0.2) is 4.57 Å². The fraction of sp³-hybridized carbons (Fsp3) is 0.0169. The summed E-state index contributed by atoms with van der Waals surface area (Å²) in [5, 5.41) is 7.47. The van der Waals surface area contributed by atoms with Crippen LogP contribution in [0.5, 0.6) is 0 Å². The van der Waals surface area contributed by atoms with Crippen molar-refractivity contribution >= 4 is 72.6 Å². The van der Waals surface area contributed by atoms with Crippen molar-refractivity contribution in [2.45, 2.75) is 0 Å². The molecule has 288 valence electrons. The van der Waals surface area contributed by atoms with E-state index < -0.39 is 0 Å². The number of fused-ring (bicyclic) bond motifs is 5. The maximum absolute atomic E-state index is 2.40. The van der Waals surface area contributed by atoms with Gasteiger partial charge in [0.25, 0.3) is 0 Å². The minimum atomic E-state index is 1.13. The van der Waals surface area contributed by atoms with Crippen LogP contribution in [0.4, 0.5) is 17.1 Å². The van der Waals surface area contributed by atoms with Gasteiger partial charge in [0.2, 0.25) is 0 Å². The van der Waals surface area contributed by atoms with E-state index in [0.717, 1.165) is 17.1 Å². The Bertz CT molecular complexity index is 3360. The van der Waals surface area contributed by atoms with Crippen molar-refractivity contribution in [3.8, 4) is 33.4 Å². The van der Waals surface area contributed by atoms with Gasteiger partial charge < -0.3 is 9.47 Å². The van der Waals surface area contributed by atoms with Crippen LogP contribution >= 0.6 is 0 Å². The summed E-state index contributed by atoms with van der Waals surface area (Å²) < 4.78 is 2.33. The SMILES string of the molecule is Cn1c2cc(/C=C/c3ccc4cc(-c5cc(-c6ccccc6)c6ccccc6c5-c5ccccc5)ccc4c3)ccc2c2ccc(N(c3ccccc3)c3ccccc3)cc21. The van der Waals surface area contributed by atoms with Crippen LogP contribution < -0.4 is 4.90 Å². The minimum absolute atomic E-state index is 1.13. The lowest BCUT2D eigenvalue weighted by molar-refractivity contribution is 1.01. The Morgan fingerprint density at radius 3 is 1.56 bits per heavy atom. The molecule has 2 nitrogen and oxygen atoms in total. The van der Waals surface area contributed by atoms with Gasteiger partial charge in [-0.05, 0) is 127 Å². The lowest BCUT2D eigenvalue weighted by atomic mass is 9.85. The fourth-order valence-electron chi connectivity index (χ4n) is 9.16. The number of hydrogen-bond donors (Lipinski definition) is 0. The van der Waals surface area contributed by atoms with Gasteiger partial charge in [-0.1, -0.05) is 176 Å². The minimum Gasteiger partial charge on any atom is -0.344 e. The summed E-state index contributed by atoms with van der Waals surface area (Å²) in [6.07, 6.45) is 4.47. The van der Waals surface area contributed by atoms with Crippen LogP contribution in [0.2, 0.25) is 0 Å². The molecule has 1 aromatic heterocycles. The fourth-order valence-corrected chi connectivity index (χ4v) is 9.16. The lowest BCUT2D eigenvalue weighted by Gasteiger charge is -2.25. The molecule has 0 N–H and O–H groups in total. The highest BCUT2D eigenvalue weighted by molar-refractivity contribution is 6.12. The summed E-state index contributed by atoms with van der Waals surface area (Å²) in [6, 6.07) is 81.4. The van der Waals surface area contributed by atoms with Gasteiger partial charge in [-0.2, -0.15) is 0 Å². The van der Waals surface area contributed by atoms with E-state index in [1.54, 1.807) is 0 Å². The van der Waals surface area contributed by atoms with Gasteiger partial charge in [-0.3, -0.25) is 0 Å². The number of aromatic nitrogens is 1. The van der Waals surface area contributed by atoms with Crippen molar-refractivity contribution in [3.05, 3.63) is 236 Å². The second kappa shape index (κ2) is 15.3. The molecule has 0 spiro atoms. The highest BCUT2D eigenvalue weighted by atomic mass is 15.1. The monoisotopic (exact) mass is 778 g/mol. The highest BCUT2D eigenvalue weighted by Gasteiger charge is 2.18. The summed E-state index contributed by atoms with van der Waals surface area (Å²) in [4.78, 5) is 2.32. The quantitative estimate of drug-likeness (QED) is 0.140. The average molecular weight is 779 g/mol. The summed E-state index contributed by atoms with van der Waals surface area (Å²) in [5.74, 6) is 0. The molecule has 61 heavy (non-hydrogen) atoms. The molecule has 11 rings (SSSR count). The molecule has 2 heteroatoms. The molecule has 0 saturated heterocycles. The molecule has 0 atom stereocenters. The maximum atomic E-state index is 2.40. The summed E-state index contributed by atoms with van der Waals surface area (Å²) in [7, 11) is 2.18. The van der Waals surface area contributed by atoms with Crippen molar-refractivity contribution in [1.29, 1.82) is 0 Å². The van der Waals surface area contributed by atoms with Crippen LogP contribution in [0, 0.1) is 0 Å². The molecule has 0 amide bonds. The third kappa shape index (κ3) is 6.65. The van der Waals surface area contributed by atoms with E-state index in [1.165, 1.54) is 87.9 Å². The molecular formula is C59H42N2. The molecule has 1 heterocycles. The van der Waals surface area contributed by atoms with E-state index >= 15 is 0 Å². The van der Waals surface area contributed by atoms with Crippen LogP contribution in [-0.2, 0) is 7.05 Å². The average Bonchev–Trinajstić information content (AvgIpc) is 3.61. The zero-order valence-corrected chi connectivity index (χ0v) is 33.9. The largest absolute Gasteiger partial charge is 0.344 e. The molecule has 0 aliphatic carbocycles. The van der Waals surface area contributed by atoms with Gasteiger partial charge in [-0.25, -0.2) is 0 Å². The molecule has 0 aliphatic rings. The lowest BCUT2D eigenvalue weighted by Crippen LogP contribution is -2.09. The Morgan fingerprint density at radius 1 is 0.344 bits per heavy atom. The second-order valence-electron chi connectivity index (χ2n) is 15.8. The molecule has 0 bridgehead atoms. The Hall–Kier alpha value is -7.94. The number of anilines is 3. The topological polar surface area (TPSA) is 8.17 Å². The Balaban J connectivity index is 0.933. The molecule has 0 unspecified atom stereocenters. The van der Waals surface area contributed by atoms with Crippen molar-refractivity contribution in [2.75, 3.05) is 4.90 Å². The number of nitrogens with zero attached hydrogens (tertiary/aromatic N) is 2. The van der Waals surface area contributed by atoms with Crippen LogP contribution in [0.3, 0.4) is 0 Å². The third-order valence-corrected chi connectivity index (χ3v) is 12.1. The van der Waals surface area contributed by atoms with Crippen molar-refractivity contribution in [3.63, 3.8) is 0 Å². The normalized spacial score (nSPS) is 11.6. The third-order valence-electron chi connectivity index (χ3n) is 12.1. The van der Waals surface area contributed by atoms with Gasteiger partial charge in [0, 0.05) is 40.4 Å². The van der Waals surface area contributed by atoms with E-state index in [4.69, 9.17) is 0 Å². The van der Waals surface area contributed by atoms with Gasteiger partial charge in [-0.15, -0.1) is 0 Å². The van der Waals surface area contributed by atoms with E-state index in [9.17, 15) is 0 Å². The predicted octanol–water partition coefficient (Wildman–Crippen LogP) is 16.3. The number of rotatable bonds is 8. The Kier molecular flexibility index (Phi) is 9.09. The Labute approximate surface area is 356 Å². The van der Waals surface area contributed by atoms with Gasteiger partial charge in [0.05, 0.1) is 5.52 Å². The van der Waals surface area contributed by atoms with Gasteiger partial charge >= 0.3 is 0 Å². The van der Waals surface area contributed by atoms with Crippen LogP contribution in [0.1, 0.15) is 11.1 Å². The van der Waals surface area contributed by atoms with Crippen molar-refractivity contribution in [2.24, 2.45) is 7.05 Å². The van der Waals surface area contributed by atoms with E-state index in [0.29, 0.717) is 0 Å². The van der Waals surface area contributed by atoms with Crippen LogP contribution in [0.15, 0.2) is 224 Å². The van der Waals surface area contributed by atoms with E-state index in [-0.39, 0.29) is 0 Å². The van der Waals surface area contributed by atoms with Gasteiger partial charge in [0.15, 0.2) is 0 Å². The molecule has 10 aromatic carbocycles. The van der Waals surface area contributed by atoms with Gasteiger partial charge in [0.1, 0.15) is 0 Å². The first-order chi connectivity index (χ1) is 30.2. The van der Waals surface area contributed by atoms with E-state index in [1.807, 2.05) is 0 Å². The zero-order valence-electron chi connectivity index (χ0n) is 33.9. The number of para-hydroxylation sites is 2. The summed E-state index contributed by atoms with van der Waals surface area (Å²) in [6.45, 7) is 0.